The third kappa shape index (κ3) is 4.12. The summed E-state index contributed by atoms with van der Waals surface area (Å²) in [6, 6.07) is -1.01. The number of halogens is 7. The van der Waals surface area contributed by atoms with E-state index in [9.17, 15) is 26.3 Å². The van der Waals surface area contributed by atoms with Crippen molar-refractivity contribution in [2.75, 3.05) is 0 Å². The number of nitrogens with zero attached hydrogens (tertiary/aromatic N) is 2. The van der Waals surface area contributed by atoms with Gasteiger partial charge in [0, 0.05) is 17.5 Å². The van der Waals surface area contributed by atoms with Crippen LogP contribution in [-0.4, -0.2) is 28.4 Å². The highest BCUT2D eigenvalue weighted by atomic mass is 35.5. The molecule has 0 fully saturated rings. The number of alkyl halides is 7. The zero-order valence-corrected chi connectivity index (χ0v) is 10.1. The van der Waals surface area contributed by atoms with E-state index in [2.05, 4.69) is 14.7 Å². The first-order valence-electron chi connectivity index (χ1n) is 4.74. The summed E-state index contributed by atoms with van der Waals surface area (Å²) in [4.78, 5) is 6.65. The van der Waals surface area contributed by atoms with Crippen molar-refractivity contribution in [3.05, 3.63) is 17.5 Å². The molecule has 1 rings (SSSR count). The van der Waals surface area contributed by atoms with Crippen molar-refractivity contribution in [3.8, 4) is 6.01 Å². The summed E-state index contributed by atoms with van der Waals surface area (Å²) < 4.78 is 77.2. The molecule has 0 bridgehead atoms. The Kier molecular flexibility index (Phi) is 4.49. The first kappa shape index (κ1) is 15.8. The van der Waals surface area contributed by atoms with Gasteiger partial charge in [-0.2, -0.15) is 26.3 Å². The fraction of sp³-hybridized carbons (Fsp3) is 0.556. The lowest BCUT2D eigenvalue weighted by atomic mass is 10.3. The van der Waals surface area contributed by atoms with Crippen LogP contribution < -0.4 is 4.74 Å². The molecule has 0 unspecified atom stereocenters. The van der Waals surface area contributed by atoms with Crippen molar-refractivity contribution >= 4 is 11.6 Å². The summed E-state index contributed by atoms with van der Waals surface area (Å²) in [6.45, 7) is 1.36. The molecule has 0 amide bonds. The van der Waals surface area contributed by atoms with Gasteiger partial charge in [0.1, 0.15) is 0 Å². The van der Waals surface area contributed by atoms with Gasteiger partial charge in [0.05, 0.1) is 5.88 Å². The molecule has 0 aliphatic rings. The minimum atomic E-state index is -5.61. The van der Waals surface area contributed by atoms with Crippen molar-refractivity contribution in [2.45, 2.75) is 31.3 Å². The first-order chi connectivity index (χ1) is 8.55. The Bertz CT molecular complexity index is 433. The molecule has 0 aromatic carbocycles. The molecule has 0 aliphatic heterocycles. The summed E-state index contributed by atoms with van der Waals surface area (Å²) in [6.07, 6.45) is -14.2. The van der Waals surface area contributed by atoms with Crippen molar-refractivity contribution in [1.82, 2.24) is 9.97 Å². The van der Waals surface area contributed by atoms with E-state index in [1.807, 2.05) is 0 Å². The maximum Gasteiger partial charge on any atom is 0.434 e. The molecule has 0 spiro atoms. The third-order valence-electron chi connectivity index (χ3n) is 2.02. The van der Waals surface area contributed by atoms with Crippen LogP contribution in [0.5, 0.6) is 6.01 Å². The predicted molar refractivity (Wildman–Crippen MR) is 52.9 cm³/mol. The maximum absolute atomic E-state index is 12.2. The highest BCUT2D eigenvalue weighted by Crippen LogP contribution is 2.35. The molecule has 0 aliphatic carbocycles. The van der Waals surface area contributed by atoms with Gasteiger partial charge in [0.15, 0.2) is 0 Å². The van der Waals surface area contributed by atoms with Crippen molar-refractivity contribution < 1.29 is 31.1 Å². The highest BCUT2D eigenvalue weighted by Gasteiger charge is 2.59. The van der Waals surface area contributed by atoms with Gasteiger partial charge in [-0.3, -0.25) is 0 Å². The van der Waals surface area contributed by atoms with Gasteiger partial charge in [-0.1, -0.05) is 0 Å². The van der Waals surface area contributed by atoms with Gasteiger partial charge in [-0.05, 0) is 6.92 Å². The van der Waals surface area contributed by atoms with Gasteiger partial charge in [0.25, 0.3) is 6.10 Å². The lowest BCUT2D eigenvalue weighted by Gasteiger charge is -2.22. The van der Waals surface area contributed by atoms with Crippen LogP contribution in [0.15, 0.2) is 6.20 Å². The van der Waals surface area contributed by atoms with E-state index in [0.29, 0.717) is 5.56 Å². The number of aromatic nitrogens is 2. The second-order valence-corrected chi connectivity index (χ2v) is 3.75. The van der Waals surface area contributed by atoms with Crippen molar-refractivity contribution in [2.24, 2.45) is 0 Å². The van der Waals surface area contributed by atoms with E-state index in [-0.39, 0.29) is 11.6 Å². The normalized spacial score (nSPS) is 12.9. The van der Waals surface area contributed by atoms with Crippen LogP contribution in [0.3, 0.4) is 0 Å². The van der Waals surface area contributed by atoms with Gasteiger partial charge in [-0.25, -0.2) is 9.97 Å². The quantitative estimate of drug-likeness (QED) is 0.634. The fourth-order valence-electron chi connectivity index (χ4n) is 1.08. The van der Waals surface area contributed by atoms with E-state index in [4.69, 9.17) is 11.6 Å². The van der Waals surface area contributed by atoms with Crippen LogP contribution in [-0.2, 0) is 5.88 Å². The summed E-state index contributed by atoms with van der Waals surface area (Å²) in [5.74, 6) is -0.0198. The van der Waals surface area contributed by atoms with Crippen LogP contribution >= 0.6 is 11.6 Å². The molecule has 1 aromatic rings. The standard InChI is InChI=1S/C9H7ClF6N2O/c1-4-5(2-10)3-17-7(18-4)19-6(8(11,12)13)9(14,15)16/h3,6H,2H2,1H3. The van der Waals surface area contributed by atoms with Crippen LogP contribution in [0.25, 0.3) is 0 Å². The van der Waals surface area contributed by atoms with Crippen LogP contribution in [0.4, 0.5) is 26.3 Å². The Morgan fingerprint density at radius 3 is 2.11 bits per heavy atom. The van der Waals surface area contributed by atoms with Crippen LogP contribution in [0.1, 0.15) is 11.3 Å². The maximum atomic E-state index is 12.2. The van der Waals surface area contributed by atoms with Crippen molar-refractivity contribution in [3.63, 3.8) is 0 Å². The van der Waals surface area contributed by atoms with E-state index in [0.717, 1.165) is 6.20 Å². The number of rotatable bonds is 3. The molecule has 1 aromatic heterocycles. The average Bonchev–Trinajstić information content (AvgIpc) is 2.23. The molecule has 0 radical (unpaired) electrons. The Balaban J connectivity index is 3.01. The fourth-order valence-corrected chi connectivity index (χ4v) is 1.35. The molecule has 108 valence electrons. The lowest BCUT2D eigenvalue weighted by Crippen LogP contribution is -2.46. The number of hydrogen-bond donors (Lipinski definition) is 0. The van der Waals surface area contributed by atoms with E-state index >= 15 is 0 Å². The summed E-state index contributed by atoms with van der Waals surface area (Å²) in [5.41, 5.74) is 0.521. The third-order valence-corrected chi connectivity index (χ3v) is 2.31. The smallest absolute Gasteiger partial charge is 0.434 e. The first-order valence-corrected chi connectivity index (χ1v) is 5.27. The van der Waals surface area contributed by atoms with Gasteiger partial charge >= 0.3 is 18.4 Å². The number of hydrogen-bond acceptors (Lipinski definition) is 3. The van der Waals surface area contributed by atoms with E-state index < -0.39 is 24.5 Å². The molecular formula is C9H7ClF6N2O. The Morgan fingerprint density at radius 2 is 1.74 bits per heavy atom. The average molecular weight is 309 g/mol. The predicted octanol–water partition coefficient (Wildman–Crippen LogP) is 3.40. The summed E-state index contributed by atoms with van der Waals surface area (Å²) in [5, 5.41) is 0. The summed E-state index contributed by atoms with van der Waals surface area (Å²) >= 11 is 5.45. The Labute approximate surface area is 108 Å². The monoisotopic (exact) mass is 308 g/mol. The largest absolute Gasteiger partial charge is 0.441 e. The molecule has 0 saturated heterocycles. The molecular weight excluding hydrogens is 302 g/mol. The Hall–Kier alpha value is -1.25. The minimum absolute atomic E-state index is 0.0198. The zero-order chi connectivity index (χ0) is 14.8. The van der Waals surface area contributed by atoms with Crippen LogP contribution in [0, 0.1) is 6.92 Å². The summed E-state index contributed by atoms with van der Waals surface area (Å²) in [7, 11) is 0. The molecule has 10 heteroatoms. The molecule has 3 nitrogen and oxygen atoms in total. The second-order valence-electron chi connectivity index (χ2n) is 3.48. The molecule has 19 heavy (non-hydrogen) atoms. The lowest BCUT2D eigenvalue weighted by molar-refractivity contribution is -0.301. The zero-order valence-electron chi connectivity index (χ0n) is 9.31. The van der Waals surface area contributed by atoms with E-state index in [1.54, 1.807) is 0 Å². The topological polar surface area (TPSA) is 35.0 Å². The molecule has 1 heterocycles. The molecule has 0 N–H and O–H groups in total. The number of aryl methyl sites for hydroxylation is 1. The van der Waals surface area contributed by atoms with Gasteiger partial charge in [-0.15, -0.1) is 11.6 Å². The minimum Gasteiger partial charge on any atom is -0.441 e. The molecule has 0 saturated carbocycles. The Morgan fingerprint density at radius 1 is 1.21 bits per heavy atom. The van der Waals surface area contributed by atoms with E-state index in [1.165, 1.54) is 6.92 Å². The van der Waals surface area contributed by atoms with Crippen LogP contribution in [0.2, 0.25) is 0 Å². The highest BCUT2D eigenvalue weighted by molar-refractivity contribution is 6.17. The van der Waals surface area contributed by atoms with Gasteiger partial charge in [0.2, 0.25) is 0 Å². The second kappa shape index (κ2) is 5.40. The molecule has 0 atom stereocenters. The van der Waals surface area contributed by atoms with Crippen molar-refractivity contribution in [1.29, 1.82) is 0 Å². The SMILES string of the molecule is Cc1nc(OC(C(F)(F)F)C(F)(F)F)ncc1CCl. The van der Waals surface area contributed by atoms with Gasteiger partial charge < -0.3 is 4.74 Å². The number of ether oxygens (including phenoxy) is 1.